The van der Waals surface area contributed by atoms with Gasteiger partial charge in [-0.05, 0) is 11.1 Å². The van der Waals surface area contributed by atoms with Crippen molar-refractivity contribution in [3.8, 4) is 0 Å². The van der Waals surface area contributed by atoms with E-state index in [0.717, 1.165) is 17.5 Å². The lowest BCUT2D eigenvalue weighted by Gasteiger charge is -2.20. The zero-order valence-corrected chi connectivity index (χ0v) is 11.3. The minimum absolute atomic E-state index is 0.0138. The van der Waals surface area contributed by atoms with Gasteiger partial charge in [-0.15, -0.1) is 6.58 Å². The van der Waals surface area contributed by atoms with Crippen molar-refractivity contribution in [1.82, 2.24) is 0 Å². The SMILES string of the molecule is C=CC(O)c1ccc(CC2COC(C)(OC)O2)cc1. The highest BCUT2D eigenvalue weighted by atomic mass is 16.9. The summed E-state index contributed by atoms with van der Waals surface area (Å²) in [7, 11) is 1.56. The number of benzene rings is 1. The number of aliphatic hydroxyl groups is 1. The van der Waals surface area contributed by atoms with E-state index in [2.05, 4.69) is 6.58 Å². The molecule has 3 unspecified atom stereocenters. The summed E-state index contributed by atoms with van der Waals surface area (Å²) in [6.45, 7) is 5.84. The largest absolute Gasteiger partial charge is 0.384 e. The van der Waals surface area contributed by atoms with E-state index in [4.69, 9.17) is 14.2 Å². The fourth-order valence-electron chi connectivity index (χ4n) is 2.07. The van der Waals surface area contributed by atoms with Gasteiger partial charge < -0.3 is 19.3 Å². The lowest BCUT2D eigenvalue weighted by molar-refractivity contribution is -0.313. The van der Waals surface area contributed by atoms with Gasteiger partial charge in [0.25, 0.3) is 5.97 Å². The molecule has 1 heterocycles. The van der Waals surface area contributed by atoms with Crippen LogP contribution in [0.15, 0.2) is 36.9 Å². The van der Waals surface area contributed by atoms with E-state index < -0.39 is 12.1 Å². The summed E-state index contributed by atoms with van der Waals surface area (Å²) in [6.07, 6.45) is 1.63. The van der Waals surface area contributed by atoms with Gasteiger partial charge in [0.2, 0.25) is 0 Å². The van der Waals surface area contributed by atoms with E-state index in [-0.39, 0.29) is 6.10 Å². The maximum atomic E-state index is 9.63. The van der Waals surface area contributed by atoms with Crippen LogP contribution in [0.4, 0.5) is 0 Å². The smallest absolute Gasteiger partial charge is 0.280 e. The van der Waals surface area contributed by atoms with Crippen LogP contribution in [0.1, 0.15) is 24.2 Å². The standard InChI is InChI=1S/C15H20O4/c1-4-14(16)12-7-5-11(6-8-12)9-13-10-18-15(2,17-3)19-13/h4-8,13-14,16H,1,9-10H2,2-3H3. The molecule has 0 spiro atoms. The summed E-state index contributed by atoms with van der Waals surface area (Å²) in [5.41, 5.74) is 1.97. The Bertz CT molecular complexity index is 428. The molecule has 1 aliphatic rings. The van der Waals surface area contributed by atoms with Gasteiger partial charge >= 0.3 is 0 Å². The molecule has 1 fully saturated rings. The number of hydrogen-bond donors (Lipinski definition) is 1. The van der Waals surface area contributed by atoms with Crippen LogP contribution in [0.5, 0.6) is 0 Å². The van der Waals surface area contributed by atoms with Crippen molar-refractivity contribution < 1.29 is 19.3 Å². The molecule has 0 aliphatic carbocycles. The summed E-state index contributed by atoms with van der Waals surface area (Å²) in [4.78, 5) is 0. The van der Waals surface area contributed by atoms with E-state index in [0.29, 0.717) is 6.61 Å². The first-order valence-electron chi connectivity index (χ1n) is 6.32. The van der Waals surface area contributed by atoms with Crippen molar-refractivity contribution in [3.05, 3.63) is 48.0 Å². The van der Waals surface area contributed by atoms with Crippen LogP contribution in [-0.4, -0.2) is 30.9 Å². The fraction of sp³-hybridized carbons (Fsp3) is 0.467. The Kier molecular flexibility index (Phi) is 4.37. The minimum Gasteiger partial charge on any atom is -0.384 e. The summed E-state index contributed by atoms with van der Waals surface area (Å²) in [5.74, 6) is -0.927. The third-order valence-corrected chi connectivity index (χ3v) is 3.29. The van der Waals surface area contributed by atoms with Crippen LogP contribution < -0.4 is 0 Å². The zero-order chi connectivity index (χ0) is 13.9. The predicted octanol–water partition coefficient (Wildman–Crippen LogP) is 2.18. The van der Waals surface area contributed by atoms with Crippen LogP contribution in [-0.2, 0) is 20.6 Å². The molecule has 4 heteroatoms. The third-order valence-electron chi connectivity index (χ3n) is 3.29. The first kappa shape index (κ1) is 14.2. The molecule has 1 aromatic carbocycles. The van der Waals surface area contributed by atoms with Crippen molar-refractivity contribution in [2.24, 2.45) is 0 Å². The van der Waals surface area contributed by atoms with E-state index in [1.165, 1.54) is 6.08 Å². The quantitative estimate of drug-likeness (QED) is 0.828. The fourth-order valence-corrected chi connectivity index (χ4v) is 2.07. The topological polar surface area (TPSA) is 47.9 Å². The number of methoxy groups -OCH3 is 1. The van der Waals surface area contributed by atoms with Gasteiger partial charge in [-0.3, -0.25) is 0 Å². The first-order chi connectivity index (χ1) is 9.06. The molecule has 2 rings (SSSR count). The molecule has 104 valence electrons. The Morgan fingerprint density at radius 3 is 2.74 bits per heavy atom. The molecule has 0 aromatic heterocycles. The second-order valence-electron chi connectivity index (χ2n) is 4.74. The number of aliphatic hydroxyl groups excluding tert-OH is 1. The molecule has 1 aromatic rings. The Balaban J connectivity index is 1.95. The van der Waals surface area contributed by atoms with Crippen LogP contribution in [0.3, 0.4) is 0 Å². The molecular formula is C15H20O4. The molecule has 0 amide bonds. The van der Waals surface area contributed by atoms with E-state index in [9.17, 15) is 5.11 Å². The van der Waals surface area contributed by atoms with Gasteiger partial charge in [-0.1, -0.05) is 30.3 Å². The molecule has 19 heavy (non-hydrogen) atoms. The zero-order valence-electron chi connectivity index (χ0n) is 11.3. The van der Waals surface area contributed by atoms with Gasteiger partial charge in [0.05, 0.1) is 18.8 Å². The van der Waals surface area contributed by atoms with Crippen molar-refractivity contribution in [3.63, 3.8) is 0 Å². The third kappa shape index (κ3) is 3.42. The van der Waals surface area contributed by atoms with Crippen LogP contribution >= 0.6 is 0 Å². The maximum absolute atomic E-state index is 9.63. The second kappa shape index (κ2) is 5.84. The normalized spacial score (nSPS) is 28.3. The summed E-state index contributed by atoms with van der Waals surface area (Å²) in [5, 5.41) is 9.63. The van der Waals surface area contributed by atoms with Crippen LogP contribution in [0.25, 0.3) is 0 Å². The molecule has 1 saturated heterocycles. The Labute approximate surface area is 113 Å². The minimum atomic E-state index is -0.927. The Morgan fingerprint density at radius 2 is 2.21 bits per heavy atom. The molecule has 0 saturated carbocycles. The highest BCUT2D eigenvalue weighted by Crippen LogP contribution is 2.26. The highest BCUT2D eigenvalue weighted by Gasteiger charge is 2.37. The van der Waals surface area contributed by atoms with Crippen molar-refractivity contribution in [1.29, 1.82) is 0 Å². The molecule has 0 radical (unpaired) electrons. The van der Waals surface area contributed by atoms with Gasteiger partial charge in [0.15, 0.2) is 0 Å². The summed E-state index contributed by atoms with van der Waals surface area (Å²) in [6, 6.07) is 7.75. The average Bonchev–Trinajstić information content (AvgIpc) is 2.81. The van der Waals surface area contributed by atoms with Gasteiger partial charge in [0, 0.05) is 20.5 Å². The monoisotopic (exact) mass is 264 g/mol. The number of hydrogen-bond acceptors (Lipinski definition) is 4. The number of ether oxygens (including phenoxy) is 3. The van der Waals surface area contributed by atoms with E-state index in [1.54, 1.807) is 14.0 Å². The van der Waals surface area contributed by atoms with Crippen molar-refractivity contribution >= 4 is 0 Å². The predicted molar refractivity (Wildman–Crippen MR) is 71.5 cm³/mol. The Hall–Kier alpha value is -1.20. The van der Waals surface area contributed by atoms with Crippen LogP contribution in [0, 0.1) is 0 Å². The van der Waals surface area contributed by atoms with Gasteiger partial charge in [-0.25, -0.2) is 0 Å². The van der Waals surface area contributed by atoms with Gasteiger partial charge in [-0.2, -0.15) is 0 Å². The first-order valence-corrected chi connectivity index (χ1v) is 6.32. The van der Waals surface area contributed by atoms with Gasteiger partial charge in [0.1, 0.15) is 0 Å². The Morgan fingerprint density at radius 1 is 1.53 bits per heavy atom. The molecule has 1 aliphatic heterocycles. The second-order valence-corrected chi connectivity index (χ2v) is 4.74. The molecular weight excluding hydrogens is 244 g/mol. The maximum Gasteiger partial charge on any atom is 0.280 e. The van der Waals surface area contributed by atoms with E-state index in [1.807, 2.05) is 24.3 Å². The summed E-state index contributed by atoms with van der Waals surface area (Å²) < 4.78 is 16.3. The molecule has 3 atom stereocenters. The lowest BCUT2D eigenvalue weighted by atomic mass is 10.0. The van der Waals surface area contributed by atoms with Crippen LogP contribution in [0.2, 0.25) is 0 Å². The molecule has 4 nitrogen and oxygen atoms in total. The summed E-state index contributed by atoms with van der Waals surface area (Å²) >= 11 is 0. The lowest BCUT2D eigenvalue weighted by Crippen LogP contribution is -2.29. The number of rotatable bonds is 5. The molecule has 1 N–H and O–H groups in total. The van der Waals surface area contributed by atoms with Crippen molar-refractivity contribution in [2.45, 2.75) is 31.5 Å². The molecule has 0 bridgehead atoms. The highest BCUT2D eigenvalue weighted by molar-refractivity contribution is 5.26. The van der Waals surface area contributed by atoms with Crippen molar-refractivity contribution in [2.75, 3.05) is 13.7 Å². The van der Waals surface area contributed by atoms with E-state index >= 15 is 0 Å². The average molecular weight is 264 g/mol.